The summed E-state index contributed by atoms with van der Waals surface area (Å²) >= 11 is 1.52. The third-order valence-electron chi connectivity index (χ3n) is 4.05. The number of likely N-dealkylation sites (tertiary alicyclic amines) is 1. The van der Waals surface area contributed by atoms with Gasteiger partial charge in [0.05, 0.1) is 10.9 Å². The highest BCUT2D eigenvalue weighted by atomic mass is 32.2. The molecule has 6 heteroatoms. The first kappa shape index (κ1) is 17.3. The highest BCUT2D eigenvalue weighted by molar-refractivity contribution is 8.01. The largest absolute Gasteiger partial charge is 0.311 e. The molecule has 2 amide bonds. The zero-order valence-electron chi connectivity index (χ0n) is 13.2. The van der Waals surface area contributed by atoms with E-state index in [1.54, 1.807) is 6.92 Å². The molecule has 1 aliphatic rings. The van der Waals surface area contributed by atoms with Crippen molar-refractivity contribution in [2.75, 3.05) is 0 Å². The van der Waals surface area contributed by atoms with Gasteiger partial charge < -0.3 is 4.79 Å². The van der Waals surface area contributed by atoms with E-state index in [1.165, 1.54) is 16.7 Å². The molecule has 0 saturated carbocycles. The molecule has 20 heavy (non-hydrogen) atoms. The third kappa shape index (κ3) is 3.27. The molecule has 2 unspecified atom stereocenters. The first-order valence-corrected chi connectivity index (χ1v) is 8.11. The lowest BCUT2D eigenvalue weighted by molar-refractivity contribution is -0.144. The molecular weight excluding hydrogens is 273 g/mol. The first-order chi connectivity index (χ1) is 9.12. The molecule has 0 N–H and O–H groups in total. The summed E-state index contributed by atoms with van der Waals surface area (Å²) in [7, 11) is 0.414. The molecular formula is C14H24BNO3S. The molecule has 0 aromatic carbocycles. The van der Waals surface area contributed by atoms with E-state index in [4.69, 9.17) is 0 Å². The van der Waals surface area contributed by atoms with Crippen molar-refractivity contribution in [1.82, 2.24) is 4.90 Å². The van der Waals surface area contributed by atoms with E-state index in [2.05, 4.69) is 0 Å². The highest BCUT2D eigenvalue weighted by Gasteiger charge is 2.47. The van der Waals surface area contributed by atoms with E-state index >= 15 is 0 Å². The third-order valence-corrected chi connectivity index (χ3v) is 5.29. The van der Waals surface area contributed by atoms with Gasteiger partial charge in [0.25, 0.3) is 0 Å². The van der Waals surface area contributed by atoms with E-state index in [0.29, 0.717) is 12.5 Å². The first-order valence-electron chi connectivity index (χ1n) is 7.17. The summed E-state index contributed by atoms with van der Waals surface area (Å²) in [5.74, 6) is -0.296. The summed E-state index contributed by atoms with van der Waals surface area (Å²) < 4.78 is 0. The molecule has 1 rings (SSSR count). The number of amides is 2. The van der Waals surface area contributed by atoms with E-state index in [0.717, 1.165) is 0 Å². The molecule has 0 radical (unpaired) electrons. The summed E-state index contributed by atoms with van der Waals surface area (Å²) in [5, 5.41) is 0.00905. The van der Waals surface area contributed by atoms with Gasteiger partial charge in [-0.1, -0.05) is 34.5 Å². The molecule has 0 bridgehead atoms. The van der Waals surface area contributed by atoms with Gasteiger partial charge in [0.15, 0.2) is 0 Å². The second-order valence-electron chi connectivity index (χ2n) is 6.15. The summed E-state index contributed by atoms with van der Waals surface area (Å²) in [4.78, 5) is 37.9. The maximum absolute atomic E-state index is 12.4. The van der Waals surface area contributed by atoms with Crippen molar-refractivity contribution >= 4 is 36.5 Å². The SMILES string of the molecule is CBC(=O)C(C)(C)C(C)N1C(=O)CC(SC(C)C)C1=O. The Morgan fingerprint density at radius 2 is 1.90 bits per heavy atom. The number of carbonyl (C=O) groups is 3. The maximum atomic E-state index is 12.4. The topological polar surface area (TPSA) is 54.5 Å². The molecule has 1 aliphatic heterocycles. The van der Waals surface area contributed by atoms with Crippen LogP contribution in [0.5, 0.6) is 0 Å². The van der Waals surface area contributed by atoms with Gasteiger partial charge in [0.1, 0.15) is 0 Å². The molecule has 0 spiro atoms. The summed E-state index contributed by atoms with van der Waals surface area (Å²) in [6.45, 7) is 11.3. The predicted molar refractivity (Wildman–Crippen MR) is 84.2 cm³/mol. The minimum Gasteiger partial charge on any atom is -0.311 e. The van der Waals surface area contributed by atoms with Gasteiger partial charge in [0.2, 0.25) is 19.1 Å². The monoisotopic (exact) mass is 297 g/mol. The Balaban J connectivity index is 2.93. The lowest BCUT2D eigenvalue weighted by atomic mass is 9.62. The Hall–Kier alpha value is -0.775. The average Bonchev–Trinajstić information content (AvgIpc) is 2.61. The number of carbonyl (C=O) groups excluding carboxylic acids is 3. The lowest BCUT2D eigenvalue weighted by Gasteiger charge is -2.36. The molecule has 1 heterocycles. The summed E-state index contributed by atoms with van der Waals surface area (Å²) in [6, 6.07) is -0.396. The molecule has 2 atom stereocenters. The van der Waals surface area contributed by atoms with Crippen molar-refractivity contribution in [3.05, 3.63) is 0 Å². The van der Waals surface area contributed by atoms with Crippen LogP contribution < -0.4 is 0 Å². The Kier molecular flexibility index (Phi) is 5.47. The fourth-order valence-corrected chi connectivity index (χ4v) is 3.60. The van der Waals surface area contributed by atoms with Crippen LogP contribution in [0.4, 0.5) is 0 Å². The maximum Gasteiger partial charge on any atom is 0.243 e. The van der Waals surface area contributed by atoms with E-state index in [9.17, 15) is 14.4 Å². The Morgan fingerprint density at radius 1 is 1.35 bits per heavy atom. The molecule has 1 saturated heterocycles. The van der Waals surface area contributed by atoms with Gasteiger partial charge in [0, 0.05) is 17.9 Å². The van der Waals surface area contributed by atoms with Gasteiger partial charge in [-0.15, -0.1) is 11.8 Å². The Bertz CT molecular complexity index is 423. The van der Waals surface area contributed by atoms with Crippen LogP contribution >= 0.6 is 11.8 Å². The van der Waals surface area contributed by atoms with Crippen LogP contribution in [-0.4, -0.2) is 46.2 Å². The Morgan fingerprint density at radius 3 is 2.35 bits per heavy atom. The smallest absolute Gasteiger partial charge is 0.243 e. The quantitative estimate of drug-likeness (QED) is 0.553. The minimum absolute atomic E-state index is 0.0746. The fraction of sp³-hybridized carbons (Fsp3) is 0.786. The molecule has 1 fully saturated rings. The van der Waals surface area contributed by atoms with Gasteiger partial charge >= 0.3 is 0 Å². The van der Waals surface area contributed by atoms with Crippen molar-refractivity contribution in [3.63, 3.8) is 0 Å². The molecule has 0 aliphatic carbocycles. The Labute approximate surface area is 126 Å². The second-order valence-corrected chi connectivity index (χ2v) is 7.94. The normalized spacial score (nSPS) is 21.6. The van der Waals surface area contributed by atoms with Crippen molar-refractivity contribution in [2.24, 2.45) is 5.41 Å². The van der Waals surface area contributed by atoms with Crippen LogP contribution in [-0.2, 0) is 14.4 Å². The number of nitrogens with zero attached hydrogens (tertiary/aromatic N) is 1. The fourth-order valence-electron chi connectivity index (χ4n) is 2.48. The standard InChI is InChI=1S/C14H24BNO3S/c1-8(2)20-10-7-11(17)16(12(10)18)9(3)14(4,5)13(19)15-6/h8-10,15H,7H2,1-6H3. The van der Waals surface area contributed by atoms with Gasteiger partial charge in [-0.05, 0) is 12.2 Å². The minimum atomic E-state index is -0.697. The van der Waals surface area contributed by atoms with Crippen LogP contribution in [0.25, 0.3) is 0 Å². The number of hydrogen-bond acceptors (Lipinski definition) is 4. The number of hydrogen-bond donors (Lipinski definition) is 0. The molecule has 112 valence electrons. The number of thioether (sulfide) groups is 1. The lowest BCUT2D eigenvalue weighted by Crippen LogP contribution is -2.51. The van der Waals surface area contributed by atoms with Gasteiger partial charge in [-0.3, -0.25) is 14.5 Å². The van der Waals surface area contributed by atoms with Crippen LogP contribution in [0.3, 0.4) is 0 Å². The van der Waals surface area contributed by atoms with E-state index in [-0.39, 0.29) is 29.2 Å². The highest BCUT2D eigenvalue weighted by Crippen LogP contribution is 2.34. The van der Waals surface area contributed by atoms with Gasteiger partial charge in [-0.2, -0.15) is 0 Å². The van der Waals surface area contributed by atoms with Crippen molar-refractivity contribution in [2.45, 2.75) is 64.4 Å². The molecule has 0 aromatic heterocycles. The van der Waals surface area contributed by atoms with Crippen LogP contribution in [0.15, 0.2) is 0 Å². The number of rotatable bonds is 6. The van der Waals surface area contributed by atoms with Crippen molar-refractivity contribution in [1.29, 1.82) is 0 Å². The van der Waals surface area contributed by atoms with E-state index in [1.807, 2.05) is 34.5 Å². The zero-order valence-corrected chi connectivity index (χ0v) is 14.0. The van der Waals surface area contributed by atoms with E-state index < -0.39 is 11.5 Å². The predicted octanol–water partition coefficient (Wildman–Crippen LogP) is 1.68. The average molecular weight is 297 g/mol. The van der Waals surface area contributed by atoms with Crippen molar-refractivity contribution in [3.8, 4) is 0 Å². The van der Waals surface area contributed by atoms with Crippen LogP contribution in [0.2, 0.25) is 6.82 Å². The summed E-state index contributed by atoms with van der Waals surface area (Å²) in [6.07, 6.45) is 0.252. The number of imide groups is 1. The second kappa shape index (κ2) is 6.33. The van der Waals surface area contributed by atoms with Gasteiger partial charge in [-0.25, -0.2) is 0 Å². The molecule has 4 nitrogen and oxygen atoms in total. The molecule has 0 aromatic rings. The summed E-state index contributed by atoms with van der Waals surface area (Å²) in [5.41, 5.74) is -0.622. The zero-order chi connectivity index (χ0) is 15.7. The van der Waals surface area contributed by atoms with Crippen molar-refractivity contribution < 1.29 is 14.4 Å². The van der Waals surface area contributed by atoms with Crippen LogP contribution in [0, 0.1) is 5.41 Å². The van der Waals surface area contributed by atoms with Crippen LogP contribution in [0.1, 0.15) is 41.0 Å².